The number of nitrogens with one attached hydrogen (secondary N) is 1. The molecule has 1 aromatic carbocycles. The first-order chi connectivity index (χ1) is 10.6. The smallest absolute Gasteiger partial charge is 0.230 e. The highest BCUT2D eigenvalue weighted by molar-refractivity contribution is 7.09. The Morgan fingerprint density at radius 3 is 2.82 bits per heavy atom. The summed E-state index contributed by atoms with van der Waals surface area (Å²) >= 11 is 1.60. The van der Waals surface area contributed by atoms with Crippen LogP contribution in [0.2, 0.25) is 0 Å². The number of rotatable bonds is 4. The summed E-state index contributed by atoms with van der Waals surface area (Å²) in [5.74, 6) is 1.68. The quantitative estimate of drug-likeness (QED) is 0.940. The second-order valence-electron chi connectivity index (χ2n) is 5.42. The number of carbonyl (C=O) groups is 1. The van der Waals surface area contributed by atoms with Crippen molar-refractivity contribution in [2.24, 2.45) is 0 Å². The van der Waals surface area contributed by atoms with Crippen molar-refractivity contribution in [1.82, 2.24) is 4.98 Å². The van der Waals surface area contributed by atoms with Crippen molar-refractivity contribution in [2.45, 2.75) is 26.2 Å². The van der Waals surface area contributed by atoms with Crippen molar-refractivity contribution in [3.05, 3.63) is 34.3 Å². The van der Waals surface area contributed by atoms with Crippen molar-refractivity contribution >= 4 is 22.9 Å². The molecule has 0 spiro atoms. The molecule has 0 radical (unpaired) electrons. The average Bonchev–Trinajstić information content (AvgIpc) is 2.95. The second-order valence-corrected chi connectivity index (χ2v) is 6.30. The lowest BCUT2D eigenvalue weighted by Gasteiger charge is -2.18. The third kappa shape index (κ3) is 3.39. The van der Waals surface area contributed by atoms with Crippen LogP contribution < -0.4 is 14.8 Å². The molecular formula is C16H18N2O3S. The SMILES string of the molecule is CC(C)c1nc(CC(=O)Nc2ccc3c(c2)OCCO3)cs1. The van der Waals surface area contributed by atoms with E-state index in [0.29, 0.717) is 36.3 Å². The van der Waals surface area contributed by atoms with Gasteiger partial charge in [0.2, 0.25) is 5.91 Å². The summed E-state index contributed by atoms with van der Waals surface area (Å²) in [7, 11) is 0. The first kappa shape index (κ1) is 14.8. The Kier molecular flexibility index (Phi) is 4.29. The van der Waals surface area contributed by atoms with Crippen LogP contribution in [0.1, 0.15) is 30.5 Å². The van der Waals surface area contributed by atoms with Gasteiger partial charge in [0, 0.05) is 23.1 Å². The summed E-state index contributed by atoms with van der Waals surface area (Å²) in [5.41, 5.74) is 1.51. The van der Waals surface area contributed by atoms with E-state index < -0.39 is 0 Å². The molecule has 0 aliphatic carbocycles. The van der Waals surface area contributed by atoms with Crippen LogP contribution in [0.3, 0.4) is 0 Å². The third-order valence-corrected chi connectivity index (χ3v) is 4.43. The van der Waals surface area contributed by atoms with Crippen LogP contribution >= 0.6 is 11.3 Å². The van der Waals surface area contributed by atoms with Gasteiger partial charge in [0.05, 0.1) is 17.1 Å². The minimum Gasteiger partial charge on any atom is -0.486 e. The van der Waals surface area contributed by atoms with Gasteiger partial charge in [0.15, 0.2) is 11.5 Å². The normalized spacial score (nSPS) is 13.2. The molecule has 0 bridgehead atoms. The van der Waals surface area contributed by atoms with Crippen LogP contribution in [0.25, 0.3) is 0 Å². The van der Waals surface area contributed by atoms with Crippen LogP contribution in [0.5, 0.6) is 11.5 Å². The summed E-state index contributed by atoms with van der Waals surface area (Å²) in [6, 6.07) is 5.41. The average molecular weight is 318 g/mol. The molecule has 1 aliphatic heterocycles. The van der Waals surface area contributed by atoms with E-state index in [1.165, 1.54) is 0 Å². The molecule has 2 heterocycles. The Bertz CT molecular complexity index is 682. The van der Waals surface area contributed by atoms with Crippen LogP contribution in [0.4, 0.5) is 5.69 Å². The Labute approximate surface area is 133 Å². The molecule has 3 rings (SSSR count). The number of hydrogen-bond acceptors (Lipinski definition) is 5. The van der Waals surface area contributed by atoms with E-state index in [1.807, 2.05) is 17.5 Å². The van der Waals surface area contributed by atoms with Gasteiger partial charge in [0.1, 0.15) is 13.2 Å². The molecule has 1 aromatic heterocycles. The number of carbonyl (C=O) groups excluding carboxylic acids is 1. The van der Waals surface area contributed by atoms with E-state index in [-0.39, 0.29) is 12.3 Å². The minimum atomic E-state index is -0.0858. The summed E-state index contributed by atoms with van der Waals surface area (Å²) in [5, 5.41) is 5.87. The predicted octanol–water partition coefficient (Wildman–Crippen LogP) is 3.22. The number of amides is 1. The molecule has 22 heavy (non-hydrogen) atoms. The highest BCUT2D eigenvalue weighted by Crippen LogP contribution is 2.32. The van der Waals surface area contributed by atoms with E-state index in [2.05, 4.69) is 24.1 Å². The van der Waals surface area contributed by atoms with E-state index >= 15 is 0 Å². The third-order valence-electron chi connectivity index (χ3n) is 3.23. The molecule has 0 saturated carbocycles. The van der Waals surface area contributed by atoms with Gasteiger partial charge < -0.3 is 14.8 Å². The molecule has 116 valence electrons. The maximum absolute atomic E-state index is 12.1. The van der Waals surface area contributed by atoms with Crippen molar-refractivity contribution in [2.75, 3.05) is 18.5 Å². The first-order valence-corrected chi connectivity index (χ1v) is 8.13. The number of benzene rings is 1. The molecule has 0 atom stereocenters. The standard InChI is InChI=1S/C16H18N2O3S/c1-10(2)16-18-12(9-22-16)8-15(19)17-11-3-4-13-14(7-11)21-6-5-20-13/h3-4,7,9-10H,5-6,8H2,1-2H3,(H,17,19). The fourth-order valence-corrected chi connectivity index (χ4v) is 2.99. The number of aromatic nitrogens is 1. The highest BCUT2D eigenvalue weighted by Gasteiger charge is 2.14. The van der Waals surface area contributed by atoms with E-state index in [4.69, 9.17) is 9.47 Å². The molecular weight excluding hydrogens is 300 g/mol. The number of hydrogen-bond donors (Lipinski definition) is 1. The molecule has 6 heteroatoms. The van der Waals surface area contributed by atoms with Crippen LogP contribution in [0.15, 0.2) is 23.6 Å². The zero-order valence-electron chi connectivity index (χ0n) is 12.6. The molecule has 0 saturated heterocycles. The van der Waals surface area contributed by atoms with Gasteiger partial charge >= 0.3 is 0 Å². The van der Waals surface area contributed by atoms with Gasteiger partial charge in [-0.2, -0.15) is 0 Å². The number of thiazole rings is 1. The lowest BCUT2D eigenvalue weighted by Crippen LogP contribution is -2.17. The lowest BCUT2D eigenvalue weighted by atomic mass is 10.2. The molecule has 0 unspecified atom stereocenters. The monoisotopic (exact) mass is 318 g/mol. The topological polar surface area (TPSA) is 60.5 Å². The van der Waals surface area contributed by atoms with Gasteiger partial charge in [-0.3, -0.25) is 4.79 Å². The molecule has 1 aliphatic rings. The molecule has 2 aromatic rings. The van der Waals surface area contributed by atoms with E-state index in [9.17, 15) is 4.79 Å². The Morgan fingerprint density at radius 2 is 2.09 bits per heavy atom. The van der Waals surface area contributed by atoms with Crippen molar-refractivity contribution in [3.63, 3.8) is 0 Å². The summed E-state index contributed by atoms with van der Waals surface area (Å²) in [6.07, 6.45) is 0.275. The predicted molar refractivity (Wildman–Crippen MR) is 86.0 cm³/mol. The van der Waals surface area contributed by atoms with Crippen molar-refractivity contribution < 1.29 is 14.3 Å². The first-order valence-electron chi connectivity index (χ1n) is 7.25. The van der Waals surface area contributed by atoms with Crippen LogP contribution in [0, 0.1) is 0 Å². The summed E-state index contributed by atoms with van der Waals surface area (Å²) in [6.45, 7) is 5.28. The molecule has 1 N–H and O–H groups in total. The maximum atomic E-state index is 12.1. The molecule has 1 amide bonds. The zero-order chi connectivity index (χ0) is 15.5. The fourth-order valence-electron chi connectivity index (χ4n) is 2.16. The Hall–Kier alpha value is -2.08. The van der Waals surface area contributed by atoms with Crippen LogP contribution in [-0.4, -0.2) is 24.1 Å². The Morgan fingerprint density at radius 1 is 1.32 bits per heavy atom. The number of ether oxygens (including phenoxy) is 2. The zero-order valence-corrected chi connectivity index (χ0v) is 13.4. The molecule has 5 nitrogen and oxygen atoms in total. The van der Waals surface area contributed by atoms with Crippen molar-refractivity contribution in [3.8, 4) is 11.5 Å². The molecule has 0 fully saturated rings. The van der Waals surface area contributed by atoms with Gasteiger partial charge in [0.25, 0.3) is 0 Å². The summed E-state index contributed by atoms with van der Waals surface area (Å²) in [4.78, 5) is 16.6. The second kappa shape index (κ2) is 6.36. The van der Waals surface area contributed by atoms with Crippen molar-refractivity contribution in [1.29, 1.82) is 0 Å². The number of anilines is 1. The fraction of sp³-hybridized carbons (Fsp3) is 0.375. The highest BCUT2D eigenvalue weighted by atomic mass is 32.1. The minimum absolute atomic E-state index is 0.0858. The van der Waals surface area contributed by atoms with Gasteiger partial charge in [-0.25, -0.2) is 4.98 Å². The van der Waals surface area contributed by atoms with Crippen LogP contribution in [-0.2, 0) is 11.2 Å². The van der Waals surface area contributed by atoms with Gasteiger partial charge in [-0.15, -0.1) is 11.3 Å². The number of nitrogens with zero attached hydrogens (tertiary/aromatic N) is 1. The number of fused-ring (bicyclic) bond motifs is 1. The lowest BCUT2D eigenvalue weighted by molar-refractivity contribution is -0.115. The largest absolute Gasteiger partial charge is 0.486 e. The maximum Gasteiger partial charge on any atom is 0.230 e. The van der Waals surface area contributed by atoms with E-state index in [1.54, 1.807) is 17.4 Å². The van der Waals surface area contributed by atoms with Gasteiger partial charge in [-0.1, -0.05) is 13.8 Å². The summed E-state index contributed by atoms with van der Waals surface area (Å²) < 4.78 is 11.0. The Balaban J connectivity index is 1.63. The van der Waals surface area contributed by atoms with E-state index in [0.717, 1.165) is 10.7 Å². The van der Waals surface area contributed by atoms with Gasteiger partial charge in [-0.05, 0) is 12.1 Å².